The highest BCUT2D eigenvalue weighted by Gasteiger charge is 2.40. The Morgan fingerprint density at radius 1 is 1.20 bits per heavy atom. The minimum atomic E-state index is -4.23. The van der Waals surface area contributed by atoms with Crippen molar-refractivity contribution >= 4 is 36.5 Å². The lowest BCUT2D eigenvalue weighted by molar-refractivity contribution is -0.156. The molecule has 1 saturated heterocycles. The van der Waals surface area contributed by atoms with Crippen molar-refractivity contribution in [1.82, 2.24) is 24.6 Å². The monoisotopic (exact) mass is 576 g/mol. The molecule has 0 bridgehead atoms. The lowest BCUT2D eigenvalue weighted by atomic mass is 10.1. The van der Waals surface area contributed by atoms with Crippen LogP contribution in [0.1, 0.15) is 40.3 Å². The smallest absolute Gasteiger partial charge is 0.453 e. The predicted molar refractivity (Wildman–Crippen MR) is 143 cm³/mol. The number of ketones is 1. The topological polar surface area (TPSA) is 190 Å². The molecule has 0 radical (unpaired) electrons. The molecular weight excluding hydrogens is 543 g/mol. The van der Waals surface area contributed by atoms with E-state index in [1.807, 2.05) is 0 Å². The molecule has 2 aromatic heterocycles. The van der Waals surface area contributed by atoms with Gasteiger partial charge in [-0.3, -0.25) is 18.7 Å². The van der Waals surface area contributed by atoms with Crippen molar-refractivity contribution in [3.63, 3.8) is 0 Å². The Morgan fingerprint density at radius 3 is 2.62 bits per heavy atom. The molecule has 3 aromatic rings. The first kappa shape index (κ1) is 29.6. The lowest BCUT2D eigenvalue weighted by Gasteiger charge is -2.25. The van der Waals surface area contributed by atoms with Crippen LogP contribution in [0.5, 0.6) is 5.75 Å². The zero-order valence-corrected chi connectivity index (χ0v) is 23.4. The molecular formula is C25H33N6O8P. The van der Waals surface area contributed by atoms with Crippen LogP contribution in [0.3, 0.4) is 0 Å². The number of anilines is 1. The van der Waals surface area contributed by atoms with Crippen LogP contribution < -0.4 is 15.3 Å². The van der Waals surface area contributed by atoms with Crippen LogP contribution in [0, 0.1) is 5.92 Å². The van der Waals surface area contributed by atoms with E-state index in [1.54, 1.807) is 48.7 Å². The molecule has 1 aliphatic heterocycles. The number of nitrogens with one attached hydrogen (secondary N) is 1. The maximum absolute atomic E-state index is 13.8. The average Bonchev–Trinajstić information content (AvgIpc) is 3.51. The highest BCUT2D eigenvalue weighted by Crippen LogP contribution is 2.46. The number of aliphatic hydroxyl groups excluding tert-OH is 1. The van der Waals surface area contributed by atoms with Crippen LogP contribution in [0.15, 0.2) is 43.0 Å². The summed E-state index contributed by atoms with van der Waals surface area (Å²) in [5.41, 5.74) is 6.69. The van der Waals surface area contributed by atoms with E-state index < -0.39 is 44.3 Å². The number of rotatable bonds is 12. The van der Waals surface area contributed by atoms with E-state index >= 15 is 0 Å². The van der Waals surface area contributed by atoms with Gasteiger partial charge in [0.05, 0.1) is 19.0 Å². The number of aromatic nitrogens is 4. The molecule has 14 nitrogen and oxygen atoms in total. The number of benzene rings is 1. The summed E-state index contributed by atoms with van der Waals surface area (Å²) in [6.07, 6.45) is -0.564. The number of hydrogen-bond donors (Lipinski definition) is 3. The standard InChI is InChI=1S/C25H33N6O8P/c1-14(2)22(33)16(4)37-25(34)15(3)30-40(35,39-17-8-6-5-7-9-17)36-11-19-18(32)10-20(38-19)31-13-29-21-23(26)27-12-28-24(21)31/h5-9,12-16,18-20,32H,10-11H2,1-4H3,(H,30,35)(H2,26,27,28)/t15-,16-,18+,19-,20-,40-/m0/s1. The zero-order valence-electron chi connectivity index (χ0n) is 22.5. The van der Waals surface area contributed by atoms with Gasteiger partial charge in [0.25, 0.3) is 0 Å². The number of nitrogens with zero attached hydrogens (tertiary/aromatic N) is 4. The Hall–Kier alpha value is -3.42. The van der Waals surface area contributed by atoms with Crippen LogP contribution in [0.2, 0.25) is 0 Å². The number of aliphatic hydroxyl groups is 1. The number of fused-ring (bicyclic) bond motifs is 1. The molecule has 15 heteroatoms. The van der Waals surface area contributed by atoms with Gasteiger partial charge in [0.2, 0.25) is 0 Å². The second kappa shape index (κ2) is 12.4. The van der Waals surface area contributed by atoms with Gasteiger partial charge in [0.1, 0.15) is 36.0 Å². The van der Waals surface area contributed by atoms with Crippen molar-refractivity contribution in [3.05, 3.63) is 43.0 Å². The molecule has 1 fully saturated rings. The molecule has 0 unspecified atom stereocenters. The van der Waals surface area contributed by atoms with E-state index in [9.17, 15) is 19.3 Å². The lowest BCUT2D eigenvalue weighted by Crippen LogP contribution is -2.39. The third-order valence-electron chi connectivity index (χ3n) is 6.25. The number of Topliss-reactive ketones (excluding diaryl/α,β-unsaturated/α-hetero) is 1. The minimum absolute atomic E-state index is 0.172. The highest BCUT2D eigenvalue weighted by molar-refractivity contribution is 7.52. The molecule has 0 saturated carbocycles. The number of carbonyl (C=O) groups excluding carboxylic acids is 2. The van der Waals surface area contributed by atoms with Gasteiger partial charge in [-0.1, -0.05) is 32.0 Å². The van der Waals surface area contributed by atoms with E-state index in [1.165, 1.54) is 26.5 Å². The zero-order chi connectivity index (χ0) is 29.0. The number of nitrogen functional groups attached to an aromatic ring is 1. The average molecular weight is 577 g/mol. The van der Waals surface area contributed by atoms with Gasteiger partial charge in [-0.15, -0.1) is 0 Å². The van der Waals surface area contributed by atoms with Gasteiger partial charge < -0.3 is 24.8 Å². The first-order valence-electron chi connectivity index (χ1n) is 12.7. The summed E-state index contributed by atoms with van der Waals surface area (Å²) in [5, 5.41) is 13.2. The molecule has 0 amide bonds. The minimum Gasteiger partial charge on any atom is -0.453 e. The number of esters is 1. The van der Waals surface area contributed by atoms with Crippen LogP contribution in [-0.2, 0) is 28.2 Å². The van der Waals surface area contributed by atoms with Gasteiger partial charge >= 0.3 is 13.7 Å². The van der Waals surface area contributed by atoms with E-state index in [0.717, 1.165) is 0 Å². The van der Waals surface area contributed by atoms with Crippen molar-refractivity contribution in [3.8, 4) is 5.75 Å². The Bertz CT molecular complexity index is 1390. The predicted octanol–water partition coefficient (Wildman–Crippen LogP) is 2.40. The number of imidazole rings is 1. The molecule has 3 heterocycles. The number of nitrogens with two attached hydrogens (primary N) is 1. The highest BCUT2D eigenvalue weighted by atomic mass is 31.2. The SMILES string of the molecule is CC(C)C(=O)[C@H](C)OC(=O)[C@H](C)N[P@](=O)(OC[C@@H]1O[C@H](n2cnc3c(N)ncnc32)C[C@H]1O)Oc1ccccc1. The molecule has 1 aliphatic rings. The van der Waals surface area contributed by atoms with Crippen LogP contribution in [0.25, 0.3) is 11.2 Å². The number of ether oxygens (including phenoxy) is 2. The first-order chi connectivity index (χ1) is 19.0. The van der Waals surface area contributed by atoms with Crippen LogP contribution in [0.4, 0.5) is 5.82 Å². The molecule has 4 rings (SSSR count). The van der Waals surface area contributed by atoms with Crippen molar-refractivity contribution in [1.29, 1.82) is 0 Å². The first-order valence-corrected chi connectivity index (χ1v) is 14.3. The number of para-hydroxylation sites is 1. The van der Waals surface area contributed by atoms with Gasteiger partial charge in [-0.25, -0.2) is 19.5 Å². The Balaban J connectivity index is 1.45. The molecule has 0 aliphatic carbocycles. The summed E-state index contributed by atoms with van der Waals surface area (Å²) in [7, 11) is -4.23. The second-order valence-electron chi connectivity index (χ2n) is 9.70. The molecule has 0 spiro atoms. The Labute approximate surface area is 230 Å². The summed E-state index contributed by atoms with van der Waals surface area (Å²) in [5.74, 6) is -0.957. The summed E-state index contributed by atoms with van der Waals surface area (Å²) < 4.78 is 37.9. The normalized spacial score (nSPS) is 22.1. The van der Waals surface area contributed by atoms with Gasteiger partial charge in [0.15, 0.2) is 23.4 Å². The fourth-order valence-electron chi connectivity index (χ4n) is 4.09. The summed E-state index contributed by atoms with van der Waals surface area (Å²) in [4.78, 5) is 37.1. The summed E-state index contributed by atoms with van der Waals surface area (Å²) in [6, 6.07) is 7.08. The molecule has 4 N–H and O–H groups in total. The van der Waals surface area contributed by atoms with Crippen LogP contribution >= 0.6 is 7.75 Å². The van der Waals surface area contributed by atoms with Crippen molar-refractivity contribution in [2.45, 2.75) is 64.7 Å². The van der Waals surface area contributed by atoms with Crippen molar-refractivity contribution in [2.75, 3.05) is 12.3 Å². The van der Waals surface area contributed by atoms with E-state index in [0.29, 0.717) is 11.2 Å². The van der Waals surface area contributed by atoms with E-state index in [-0.39, 0.29) is 36.3 Å². The Kier molecular flexibility index (Phi) is 9.16. The largest absolute Gasteiger partial charge is 0.459 e. The number of hydrogen-bond acceptors (Lipinski definition) is 12. The third kappa shape index (κ3) is 6.83. The fraction of sp³-hybridized carbons (Fsp3) is 0.480. The third-order valence-corrected chi connectivity index (χ3v) is 7.89. The maximum atomic E-state index is 13.8. The van der Waals surface area contributed by atoms with Gasteiger partial charge in [-0.05, 0) is 26.0 Å². The van der Waals surface area contributed by atoms with Crippen LogP contribution in [-0.4, -0.2) is 67.3 Å². The van der Waals surface area contributed by atoms with Crippen molar-refractivity contribution < 1.29 is 37.8 Å². The Morgan fingerprint density at radius 2 is 1.93 bits per heavy atom. The molecule has 1 aromatic carbocycles. The maximum Gasteiger partial charge on any atom is 0.459 e. The molecule has 6 atom stereocenters. The summed E-state index contributed by atoms with van der Waals surface area (Å²) >= 11 is 0. The van der Waals surface area contributed by atoms with Gasteiger partial charge in [-0.2, -0.15) is 5.09 Å². The fourth-order valence-corrected chi connectivity index (χ4v) is 5.59. The number of carbonyl (C=O) groups is 2. The second-order valence-corrected chi connectivity index (χ2v) is 11.4. The summed E-state index contributed by atoms with van der Waals surface area (Å²) in [6.45, 7) is 5.94. The molecule has 40 heavy (non-hydrogen) atoms. The van der Waals surface area contributed by atoms with E-state index in [2.05, 4.69) is 20.0 Å². The van der Waals surface area contributed by atoms with Gasteiger partial charge in [0, 0.05) is 12.3 Å². The molecule has 216 valence electrons. The van der Waals surface area contributed by atoms with E-state index in [4.69, 9.17) is 24.3 Å². The quantitative estimate of drug-likeness (QED) is 0.211. The van der Waals surface area contributed by atoms with Crippen molar-refractivity contribution in [2.24, 2.45) is 5.92 Å².